The summed E-state index contributed by atoms with van der Waals surface area (Å²) >= 11 is 1.63. The van der Waals surface area contributed by atoms with Crippen LogP contribution >= 0.6 is 11.8 Å². The van der Waals surface area contributed by atoms with Crippen molar-refractivity contribution in [3.8, 4) is 0 Å². The first kappa shape index (κ1) is 19.9. The zero-order valence-electron chi connectivity index (χ0n) is 15.8. The minimum Gasteiger partial charge on any atom is -0.336 e. The molecular formula is C20H24N2O3S2. The van der Waals surface area contributed by atoms with Crippen LogP contribution in [0, 0.1) is 13.8 Å². The molecule has 0 aromatic heterocycles. The molecule has 7 heteroatoms. The van der Waals surface area contributed by atoms with Crippen molar-refractivity contribution < 1.29 is 13.2 Å². The number of aryl methyl sites for hydroxylation is 2. The molecule has 0 unspecified atom stereocenters. The van der Waals surface area contributed by atoms with Crippen LogP contribution in [0.15, 0.2) is 52.3 Å². The highest BCUT2D eigenvalue weighted by molar-refractivity contribution is 7.98. The lowest BCUT2D eigenvalue weighted by Crippen LogP contribution is -2.50. The van der Waals surface area contributed by atoms with Crippen molar-refractivity contribution in [2.45, 2.75) is 23.6 Å². The van der Waals surface area contributed by atoms with E-state index in [0.717, 1.165) is 16.0 Å². The first-order chi connectivity index (χ1) is 12.8. The van der Waals surface area contributed by atoms with Gasteiger partial charge in [-0.15, -0.1) is 11.8 Å². The number of hydrogen-bond donors (Lipinski definition) is 0. The third-order valence-electron chi connectivity index (χ3n) is 4.81. The molecule has 2 aromatic carbocycles. The number of amides is 1. The summed E-state index contributed by atoms with van der Waals surface area (Å²) in [6.07, 6.45) is 1.99. The van der Waals surface area contributed by atoms with Gasteiger partial charge in [-0.1, -0.05) is 17.7 Å². The van der Waals surface area contributed by atoms with E-state index in [2.05, 4.69) is 0 Å². The van der Waals surface area contributed by atoms with E-state index in [4.69, 9.17) is 0 Å². The molecule has 1 aliphatic rings. The van der Waals surface area contributed by atoms with Gasteiger partial charge in [0.15, 0.2) is 0 Å². The Morgan fingerprint density at radius 2 is 1.59 bits per heavy atom. The molecule has 0 N–H and O–H groups in total. The topological polar surface area (TPSA) is 57.7 Å². The van der Waals surface area contributed by atoms with Crippen molar-refractivity contribution >= 4 is 27.7 Å². The van der Waals surface area contributed by atoms with Crippen LogP contribution in [0.25, 0.3) is 0 Å². The minimum absolute atomic E-state index is 0.0498. The Morgan fingerprint density at radius 1 is 0.963 bits per heavy atom. The van der Waals surface area contributed by atoms with Crippen molar-refractivity contribution in [2.24, 2.45) is 0 Å². The molecule has 0 radical (unpaired) electrons. The Kier molecular flexibility index (Phi) is 5.93. The molecule has 144 valence electrons. The smallest absolute Gasteiger partial charge is 0.253 e. The fraction of sp³-hybridized carbons (Fsp3) is 0.350. The Hall–Kier alpha value is -1.83. The monoisotopic (exact) mass is 404 g/mol. The van der Waals surface area contributed by atoms with E-state index in [1.807, 2.05) is 56.5 Å². The third kappa shape index (κ3) is 4.20. The molecule has 0 aliphatic carbocycles. The summed E-state index contributed by atoms with van der Waals surface area (Å²) in [5, 5.41) is 0. The second-order valence-corrected chi connectivity index (χ2v) is 9.48. The standard InChI is InChI=1S/C20H24N2O3S2/c1-15-4-9-19(16(2)14-15)27(24,25)22-12-10-21(11-13-22)20(23)17-5-7-18(26-3)8-6-17/h4-9,14H,10-13H2,1-3H3. The molecule has 0 bridgehead atoms. The summed E-state index contributed by atoms with van der Waals surface area (Å²) in [7, 11) is -3.54. The van der Waals surface area contributed by atoms with E-state index in [9.17, 15) is 13.2 Å². The Bertz CT molecular complexity index is 932. The Labute approximate surface area is 165 Å². The quantitative estimate of drug-likeness (QED) is 0.735. The molecule has 3 rings (SSSR count). The summed E-state index contributed by atoms with van der Waals surface area (Å²) in [5.41, 5.74) is 2.43. The second-order valence-electron chi connectivity index (χ2n) is 6.69. The molecule has 1 saturated heterocycles. The molecule has 0 saturated carbocycles. The summed E-state index contributed by atoms with van der Waals surface area (Å²) in [6, 6.07) is 12.9. The normalized spacial score (nSPS) is 15.7. The maximum atomic E-state index is 13.0. The van der Waals surface area contributed by atoms with Crippen molar-refractivity contribution in [2.75, 3.05) is 32.4 Å². The Morgan fingerprint density at radius 3 is 2.15 bits per heavy atom. The zero-order chi connectivity index (χ0) is 19.6. The Balaban J connectivity index is 1.69. The van der Waals surface area contributed by atoms with Gasteiger partial charge in [0.05, 0.1) is 4.90 Å². The van der Waals surface area contributed by atoms with E-state index < -0.39 is 10.0 Å². The maximum Gasteiger partial charge on any atom is 0.253 e. The van der Waals surface area contributed by atoms with Crippen molar-refractivity contribution in [3.05, 3.63) is 59.2 Å². The number of carbonyl (C=O) groups is 1. The van der Waals surface area contributed by atoms with Gasteiger partial charge in [-0.05, 0) is 56.0 Å². The van der Waals surface area contributed by atoms with Crippen LogP contribution in [0.5, 0.6) is 0 Å². The van der Waals surface area contributed by atoms with Crippen LogP contribution in [0.2, 0.25) is 0 Å². The van der Waals surface area contributed by atoms with E-state index >= 15 is 0 Å². The molecule has 0 spiro atoms. The lowest BCUT2D eigenvalue weighted by atomic mass is 10.2. The molecule has 0 atom stereocenters. The van der Waals surface area contributed by atoms with Gasteiger partial charge in [0.25, 0.3) is 5.91 Å². The summed E-state index contributed by atoms with van der Waals surface area (Å²) in [5.74, 6) is -0.0498. The van der Waals surface area contributed by atoms with Gasteiger partial charge >= 0.3 is 0 Å². The summed E-state index contributed by atoms with van der Waals surface area (Å²) < 4.78 is 27.4. The third-order valence-corrected chi connectivity index (χ3v) is 7.61. The average Bonchev–Trinajstić information content (AvgIpc) is 2.67. The van der Waals surface area contributed by atoms with E-state index in [-0.39, 0.29) is 5.91 Å². The predicted octanol–water partition coefficient (Wildman–Crippen LogP) is 3.17. The molecular weight excluding hydrogens is 380 g/mol. The van der Waals surface area contributed by atoms with Crippen LogP contribution in [0.4, 0.5) is 0 Å². The van der Waals surface area contributed by atoms with Crippen molar-refractivity contribution in [1.29, 1.82) is 0 Å². The molecule has 1 heterocycles. The molecule has 1 aliphatic heterocycles. The zero-order valence-corrected chi connectivity index (χ0v) is 17.4. The number of sulfonamides is 1. The summed E-state index contributed by atoms with van der Waals surface area (Å²) in [4.78, 5) is 15.8. The van der Waals surface area contributed by atoms with E-state index in [1.165, 1.54) is 4.31 Å². The molecule has 2 aromatic rings. The number of carbonyl (C=O) groups excluding carboxylic acids is 1. The predicted molar refractivity (Wildman–Crippen MR) is 109 cm³/mol. The van der Waals surface area contributed by atoms with Crippen molar-refractivity contribution in [3.63, 3.8) is 0 Å². The molecule has 27 heavy (non-hydrogen) atoms. The van der Waals surface area contributed by atoms with Crippen molar-refractivity contribution in [1.82, 2.24) is 9.21 Å². The fourth-order valence-electron chi connectivity index (χ4n) is 3.28. The van der Waals surface area contributed by atoms with Gasteiger partial charge in [-0.3, -0.25) is 4.79 Å². The highest BCUT2D eigenvalue weighted by Crippen LogP contribution is 2.23. The first-order valence-corrected chi connectivity index (χ1v) is 11.5. The lowest BCUT2D eigenvalue weighted by Gasteiger charge is -2.34. The van der Waals surface area contributed by atoms with Gasteiger partial charge in [-0.2, -0.15) is 4.31 Å². The molecule has 1 fully saturated rings. The first-order valence-electron chi connectivity index (χ1n) is 8.83. The number of rotatable bonds is 4. The van der Waals surface area contributed by atoms with Crippen LogP contribution in [-0.4, -0.2) is 56.0 Å². The van der Waals surface area contributed by atoms with Crippen LogP contribution in [0.3, 0.4) is 0 Å². The highest BCUT2D eigenvalue weighted by Gasteiger charge is 2.31. The minimum atomic E-state index is -3.54. The fourth-order valence-corrected chi connectivity index (χ4v) is 5.31. The highest BCUT2D eigenvalue weighted by atomic mass is 32.2. The van der Waals surface area contributed by atoms with Crippen LogP contribution in [0.1, 0.15) is 21.5 Å². The number of piperazine rings is 1. The average molecular weight is 405 g/mol. The van der Waals surface area contributed by atoms with Gasteiger partial charge in [0.1, 0.15) is 0 Å². The lowest BCUT2D eigenvalue weighted by molar-refractivity contribution is 0.0698. The van der Waals surface area contributed by atoms with E-state index in [1.54, 1.807) is 22.7 Å². The van der Waals surface area contributed by atoms with Crippen LogP contribution < -0.4 is 0 Å². The molecule has 1 amide bonds. The van der Waals surface area contributed by atoms with Gasteiger partial charge in [0.2, 0.25) is 10.0 Å². The number of benzene rings is 2. The van der Waals surface area contributed by atoms with E-state index in [0.29, 0.717) is 36.6 Å². The number of nitrogens with zero attached hydrogens (tertiary/aromatic N) is 2. The van der Waals surface area contributed by atoms with Crippen LogP contribution in [-0.2, 0) is 10.0 Å². The summed E-state index contributed by atoms with van der Waals surface area (Å²) in [6.45, 7) is 5.17. The second kappa shape index (κ2) is 8.04. The SMILES string of the molecule is CSc1ccc(C(=O)N2CCN(S(=O)(=O)c3ccc(C)cc3C)CC2)cc1. The van der Waals surface area contributed by atoms with Gasteiger partial charge in [0, 0.05) is 36.6 Å². The maximum absolute atomic E-state index is 13.0. The molecule has 5 nitrogen and oxygen atoms in total. The number of thioether (sulfide) groups is 1. The van der Waals surface area contributed by atoms with Gasteiger partial charge < -0.3 is 4.90 Å². The largest absolute Gasteiger partial charge is 0.336 e. The number of hydrogen-bond acceptors (Lipinski definition) is 4. The van der Waals surface area contributed by atoms with Gasteiger partial charge in [-0.25, -0.2) is 8.42 Å².